The van der Waals surface area contributed by atoms with Gasteiger partial charge in [-0.25, -0.2) is 0 Å². The van der Waals surface area contributed by atoms with Crippen LogP contribution in [0.25, 0.3) is 0 Å². The molecule has 0 saturated carbocycles. The molecule has 0 spiro atoms. The summed E-state index contributed by atoms with van der Waals surface area (Å²) in [7, 11) is 0. The first-order valence-electron chi connectivity index (χ1n) is 9.25. The van der Waals surface area contributed by atoms with E-state index in [9.17, 15) is 5.11 Å². The normalized spacial score (nSPS) is 12.1. The number of aliphatic hydroxyl groups excluding tert-OH is 2. The molecule has 0 aliphatic rings. The van der Waals surface area contributed by atoms with Crippen LogP contribution in [0.1, 0.15) is 77.6 Å². The van der Waals surface area contributed by atoms with Gasteiger partial charge in [-0.3, -0.25) is 0 Å². The van der Waals surface area contributed by atoms with Crippen molar-refractivity contribution in [3.05, 3.63) is 0 Å². The van der Waals surface area contributed by atoms with E-state index in [0.717, 1.165) is 12.8 Å². The van der Waals surface area contributed by atoms with E-state index >= 15 is 0 Å². The topological polar surface area (TPSA) is 58.9 Å². The SMILES string of the molecule is CCCCCCCCCCCCC(O)COCCOCCO.[NaH]. The van der Waals surface area contributed by atoms with Crippen LogP contribution >= 0.6 is 0 Å². The second-order valence-electron chi connectivity index (χ2n) is 6.04. The fourth-order valence-electron chi connectivity index (χ4n) is 2.45. The average Bonchev–Trinajstić information content (AvgIpc) is 2.52. The van der Waals surface area contributed by atoms with Crippen molar-refractivity contribution in [3.63, 3.8) is 0 Å². The van der Waals surface area contributed by atoms with Crippen LogP contribution in [0.4, 0.5) is 0 Å². The van der Waals surface area contributed by atoms with E-state index < -0.39 is 0 Å². The molecule has 0 rings (SSSR count). The molecule has 0 heterocycles. The molecule has 1 unspecified atom stereocenters. The van der Waals surface area contributed by atoms with Crippen LogP contribution in [0.2, 0.25) is 0 Å². The van der Waals surface area contributed by atoms with Crippen LogP contribution in [0, 0.1) is 0 Å². The Bertz CT molecular complexity index is 205. The molecule has 23 heavy (non-hydrogen) atoms. The summed E-state index contributed by atoms with van der Waals surface area (Å²) in [6.07, 6.45) is 13.6. The van der Waals surface area contributed by atoms with Gasteiger partial charge in [0.05, 0.1) is 39.1 Å². The molecule has 1 atom stereocenters. The zero-order valence-electron chi connectivity index (χ0n) is 14.6. The third kappa shape index (κ3) is 22.8. The molecule has 4 nitrogen and oxygen atoms in total. The van der Waals surface area contributed by atoms with Gasteiger partial charge in [-0.1, -0.05) is 71.1 Å². The summed E-state index contributed by atoms with van der Waals surface area (Å²) in [5, 5.41) is 18.3. The van der Waals surface area contributed by atoms with Crippen molar-refractivity contribution in [3.8, 4) is 0 Å². The van der Waals surface area contributed by atoms with E-state index in [0.29, 0.717) is 26.4 Å². The van der Waals surface area contributed by atoms with Gasteiger partial charge in [-0.2, -0.15) is 0 Å². The third-order valence-electron chi connectivity index (χ3n) is 3.81. The van der Waals surface area contributed by atoms with Crippen molar-refractivity contribution in [1.29, 1.82) is 0 Å². The van der Waals surface area contributed by atoms with Crippen molar-refractivity contribution in [2.45, 2.75) is 83.7 Å². The van der Waals surface area contributed by atoms with Crippen molar-refractivity contribution < 1.29 is 19.7 Å². The fraction of sp³-hybridized carbons (Fsp3) is 1.00. The van der Waals surface area contributed by atoms with Gasteiger partial charge in [0, 0.05) is 0 Å². The molecule has 0 bridgehead atoms. The van der Waals surface area contributed by atoms with Crippen molar-refractivity contribution in [1.82, 2.24) is 0 Å². The van der Waals surface area contributed by atoms with E-state index in [1.165, 1.54) is 57.8 Å². The van der Waals surface area contributed by atoms with Gasteiger partial charge in [0.25, 0.3) is 0 Å². The molecular weight excluding hydrogens is 303 g/mol. The van der Waals surface area contributed by atoms with Gasteiger partial charge < -0.3 is 19.7 Å². The Morgan fingerprint density at radius 3 is 1.83 bits per heavy atom. The van der Waals surface area contributed by atoms with Gasteiger partial charge in [0.2, 0.25) is 0 Å². The Morgan fingerprint density at radius 2 is 1.26 bits per heavy atom. The van der Waals surface area contributed by atoms with Gasteiger partial charge in [-0.05, 0) is 6.42 Å². The summed E-state index contributed by atoms with van der Waals surface area (Å²) in [5.74, 6) is 0. The molecule has 0 aromatic carbocycles. The minimum absolute atomic E-state index is 0. The Morgan fingerprint density at radius 1 is 0.739 bits per heavy atom. The number of aliphatic hydroxyl groups is 2. The molecule has 0 amide bonds. The van der Waals surface area contributed by atoms with Crippen molar-refractivity contribution in [2.24, 2.45) is 0 Å². The Kier molecular flexibility index (Phi) is 25.9. The van der Waals surface area contributed by atoms with E-state index in [2.05, 4.69) is 6.92 Å². The average molecular weight is 342 g/mol. The van der Waals surface area contributed by atoms with Crippen LogP contribution in [0.3, 0.4) is 0 Å². The van der Waals surface area contributed by atoms with E-state index in [-0.39, 0.29) is 42.3 Å². The molecule has 0 radical (unpaired) electrons. The fourth-order valence-corrected chi connectivity index (χ4v) is 2.45. The maximum atomic E-state index is 9.77. The molecular formula is C18H39NaO4. The summed E-state index contributed by atoms with van der Waals surface area (Å²) >= 11 is 0. The van der Waals surface area contributed by atoms with Gasteiger partial charge >= 0.3 is 29.6 Å². The van der Waals surface area contributed by atoms with Crippen LogP contribution in [0.15, 0.2) is 0 Å². The molecule has 2 N–H and O–H groups in total. The number of rotatable bonds is 18. The Hall–Kier alpha value is 0.840. The summed E-state index contributed by atoms with van der Waals surface area (Å²) < 4.78 is 10.4. The zero-order chi connectivity index (χ0) is 16.3. The van der Waals surface area contributed by atoms with Crippen LogP contribution in [-0.2, 0) is 9.47 Å². The molecule has 0 aromatic heterocycles. The number of hydrogen-bond acceptors (Lipinski definition) is 4. The second kappa shape index (κ2) is 22.8. The summed E-state index contributed by atoms with van der Waals surface area (Å²) in [4.78, 5) is 0. The molecule has 136 valence electrons. The Balaban J connectivity index is 0. The van der Waals surface area contributed by atoms with Gasteiger partial charge in [-0.15, -0.1) is 0 Å². The van der Waals surface area contributed by atoms with E-state index in [4.69, 9.17) is 14.6 Å². The summed E-state index contributed by atoms with van der Waals surface area (Å²) in [6.45, 7) is 4.00. The van der Waals surface area contributed by atoms with Crippen LogP contribution in [-0.4, -0.2) is 78.9 Å². The summed E-state index contributed by atoms with van der Waals surface area (Å²) in [5.41, 5.74) is 0. The van der Waals surface area contributed by atoms with Crippen molar-refractivity contribution in [2.75, 3.05) is 33.0 Å². The first kappa shape index (κ1) is 26.1. The predicted octanol–water partition coefficient (Wildman–Crippen LogP) is 3.04. The van der Waals surface area contributed by atoms with Gasteiger partial charge in [0.1, 0.15) is 0 Å². The third-order valence-corrected chi connectivity index (χ3v) is 3.81. The zero-order valence-corrected chi connectivity index (χ0v) is 14.6. The van der Waals surface area contributed by atoms with E-state index in [1.807, 2.05) is 0 Å². The molecule has 0 aromatic rings. The molecule has 0 aliphatic carbocycles. The number of unbranched alkanes of at least 4 members (excludes halogenated alkanes) is 9. The quantitative estimate of drug-likeness (QED) is 0.297. The first-order chi connectivity index (χ1) is 10.8. The van der Waals surface area contributed by atoms with Crippen LogP contribution in [0.5, 0.6) is 0 Å². The van der Waals surface area contributed by atoms with Gasteiger partial charge in [0.15, 0.2) is 0 Å². The predicted molar refractivity (Wildman–Crippen MR) is 98.3 cm³/mol. The summed E-state index contributed by atoms with van der Waals surface area (Å²) in [6, 6.07) is 0. The molecule has 0 fully saturated rings. The molecule has 0 saturated heterocycles. The van der Waals surface area contributed by atoms with Crippen molar-refractivity contribution >= 4 is 29.6 Å². The number of ether oxygens (including phenoxy) is 2. The standard InChI is InChI=1S/C18H38O4.Na.H/c1-2-3-4-5-6-7-8-9-10-11-12-18(20)17-22-16-15-21-14-13-19;;/h18-20H,2-17H2,1H3;;. The number of hydrogen-bond donors (Lipinski definition) is 2. The minimum atomic E-state index is -0.355. The molecule has 5 heteroatoms. The monoisotopic (exact) mass is 342 g/mol. The van der Waals surface area contributed by atoms with Crippen LogP contribution < -0.4 is 0 Å². The first-order valence-corrected chi connectivity index (χ1v) is 9.25. The molecule has 0 aliphatic heterocycles. The Labute approximate surface area is 165 Å². The van der Waals surface area contributed by atoms with E-state index in [1.54, 1.807) is 0 Å². The second-order valence-corrected chi connectivity index (χ2v) is 6.04. The maximum absolute atomic E-state index is 9.77.